The molecule has 0 aliphatic rings. The van der Waals surface area contributed by atoms with Crippen LogP contribution in [0, 0.1) is 11.7 Å². The molecule has 1 atom stereocenters. The van der Waals surface area contributed by atoms with Crippen LogP contribution < -0.4 is 14.4 Å². The molecule has 0 saturated heterocycles. The van der Waals surface area contributed by atoms with E-state index in [0.717, 1.165) is 10.6 Å². The van der Waals surface area contributed by atoms with Crippen LogP contribution in [0.1, 0.15) is 26.3 Å². The van der Waals surface area contributed by atoms with Crippen LogP contribution >= 0.6 is 0 Å². The van der Waals surface area contributed by atoms with E-state index in [-0.39, 0.29) is 24.1 Å². The molecule has 186 valence electrons. The lowest BCUT2D eigenvalue weighted by Crippen LogP contribution is -2.51. The first kappa shape index (κ1) is 27.1. The molecule has 0 aliphatic carbocycles. The van der Waals surface area contributed by atoms with Crippen LogP contribution in [0.2, 0.25) is 0 Å². The largest absolute Gasteiger partial charge is 0.497 e. The summed E-state index contributed by atoms with van der Waals surface area (Å²) in [5, 5.41) is 2.80. The summed E-state index contributed by atoms with van der Waals surface area (Å²) in [6, 6.07) is 11.0. The standard InChI is InChI=1S/C24H32FN3O5S/c1-17(2)14-26-24(30)18(3)27(15-19-6-8-20(25)9-7-19)23(29)16-28(34(5,31)32)21-10-12-22(33-4)13-11-21/h6-13,17-18H,14-16H2,1-5H3,(H,26,30). The number of nitrogens with zero attached hydrogens (tertiary/aromatic N) is 2. The van der Waals surface area contributed by atoms with E-state index in [1.54, 1.807) is 19.1 Å². The van der Waals surface area contributed by atoms with Crippen molar-refractivity contribution in [2.75, 3.05) is 30.8 Å². The van der Waals surface area contributed by atoms with Crippen molar-refractivity contribution < 1.29 is 27.1 Å². The molecule has 0 aromatic heterocycles. The number of sulfonamides is 1. The molecule has 0 bridgehead atoms. The molecule has 0 aliphatic heterocycles. The van der Waals surface area contributed by atoms with Crippen LogP contribution in [-0.2, 0) is 26.2 Å². The lowest BCUT2D eigenvalue weighted by Gasteiger charge is -2.31. The predicted octanol–water partition coefficient (Wildman–Crippen LogP) is 2.79. The zero-order valence-electron chi connectivity index (χ0n) is 20.1. The van der Waals surface area contributed by atoms with Gasteiger partial charge >= 0.3 is 0 Å². The van der Waals surface area contributed by atoms with Gasteiger partial charge in [0.2, 0.25) is 21.8 Å². The van der Waals surface area contributed by atoms with Crippen molar-refractivity contribution in [3.05, 3.63) is 59.9 Å². The lowest BCUT2D eigenvalue weighted by molar-refractivity contribution is -0.139. The minimum Gasteiger partial charge on any atom is -0.497 e. The number of ether oxygens (including phenoxy) is 1. The summed E-state index contributed by atoms with van der Waals surface area (Å²) in [5.41, 5.74) is 0.893. The second-order valence-electron chi connectivity index (χ2n) is 8.43. The second kappa shape index (κ2) is 11.8. The summed E-state index contributed by atoms with van der Waals surface area (Å²) in [4.78, 5) is 27.4. The van der Waals surface area contributed by atoms with Crippen LogP contribution in [0.15, 0.2) is 48.5 Å². The highest BCUT2D eigenvalue weighted by molar-refractivity contribution is 7.92. The van der Waals surface area contributed by atoms with Gasteiger partial charge in [0.1, 0.15) is 24.2 Å². The van der Waals surface area contributed by atoms with Gasteiger partial charge in [-0.3, -0.25) is 13.9 Å². The predicted molar refractivity (Wildman–Crippen MR) is 129 cm³/mol. The first-order valence-corrected chi connectivity index (χ1v) is 12.7. The molecule has 8 nitrogen and oxygen atoms in total. The second-order valence-corrected chi connectivity index (χ2v) is 10.3. The number of amides is 2. The van der Waals surface area contributed by atoms with Crippen molar-refractivity contribution in [2.24, 2.45) is 5.92 Å². The molecule has 0 fully saturated rings. The lowest BCUT2D eigenvalue weighted by atomic mass is 10.1. The van der Waals surface area contributed by atoms with Crippen LogP contribution in [0.25, 0.3) is 0 Å². The van der Waals surface area contributed by atoms with Gasteiger partial charge in [-0.2, -0.15) is 0 Å². The van der Waals surface area contributed by atoms with Gasteiger partial charge in [0, 0.05) is 13.1 Å². The number of benzene rings is 2. The monoisotopic (exact) mass is 493 g/mol. The Kier molecular flexibility index (Phi) is 9.43. The minimum atomic E-state index is -3.82. The van der Waals surface area contributed by atoms with Crippen LogP contribution in [-0.4, -0.2) is 57.6 Å². The van der Waals surface area contributed by atoms with Gasteiger partial charge in [0.25, 0.3) is 0 Å². The van der Waals surface area contributed by atoms with Crippen LogP contribution in [0.3, 0.4) is 0 Å². The van der Waals surface area contributed by atoms with Crippen LogP contribution in [0.4, 0.5) is 10.1 Å². The molecular formula is C24H32FN3O5S. The Bertz CT molecular complexity index is 1070. The van der Waals surface area contributed by atoms with E-state index in [1.165, 1.54) is 48.4 Å². The number of nitrogens with one attached hydrogen (secondary N) is 1. The maximum Gasteiger partial charge on any atom is 0.244 e. The molecule has 34 heavy (non-hydrogen) atoms. The van der Waals surface area contributed by atoms with Gasteiger partial charge in [0.05, 0.1) is 19.1 Å². The Morgan fingerprint density at radius 1 is 1.03 bits per heavy atom. The number of methoxy groups -OCH3 is 1. The Morgan fingerprint density at radius 2 is 1.62 bits per heavy atom. The number of anilines is 1. The highest BCUT2D eigenvalue weighted by atomic mass is 32.2. The summed E-state index contributed by atoms with van der Waals surface area (Å²) >= 11 is 0. The van der Waals surface area contributed by atoms with Gasteiger partial charge in [-0.15, -0.1) is 0 Å². The molecule has 0 saturated carbocycles. The summed E-state index contributed by atoms with van der Waals surface area (Å²) < 4.78 is 44.5. The van der Waals surface area contributed by atoms with E-state index in [9.17, 15) is 22.4 Å². The van der Waals surface area contributed by atoms with E-state index in [0.29, 0.717) is 17.9 Å². The fourth-order valence-corrected chi connectivity index (χ4v) is 4.03. The zero-order chi connectivity index (χ0) is 25.5. The molecule has 10 heteroatoms. The summed E-state index contributed by atoms with van der Waals surface area (Å²) in [6.07, 6.45) is 1.01. The zero-order valence-corrected chi connectivity index (χ0v) is 20.9. The molecule has 2 aromatic rings. The van der Waals surface area contributed by atoms with Crippen molar-refractivity contribution in [3.63, 3.8) is 0 Å². The highest BCUT2D eigenvalue weighted by Crippen LogP contribution is 2.22. The van der Waals surface area contributed by atoms with E-state index < -0.39 is 34.3 Å². The van der Waals surface area contributed by atoms with E-state index in [1.807, 2.05) is 13.8 Å². The quantitative estimate of drug-likeness (QED) is 0.519. The highest BCUT2D eigenvalue weighted by Gasteiger charge is 2.30. The number of carbonyl (C=O) groups is 2. The van der Waals surface area contributed by atoms with Gasteiger partial charge in [-0.1, -0.05) is 26.0 Å². The van der Waals surface area contributed by atoms with Gasteiger partial charge in [-0.25, -0.2) is 12.8 Å². The summed E-state index contributed by atoms with van der Waals surface area (Å²) in [7, 11) is -2.33. The molecule has 2 aromatic carbocycles. The average molecular weight is 494 g/mol. The SMILES string of the molecule is COc1ccc(N(CC(=O)N(Cc2ccc(F)cc2)C(C)C(=O)NCC(C)C)S(C)(=O)=O)cc1. The van der Waals surface area contributed by atoms with Crippen molar-refractivity contribution in [2.45, 2.75) is 33.4 Å². The fraction of sp³-hybridized carbons (Fsp3) is 0.417. The third kappa shape index (κ3) is 7.72. The smallest absolute Gasteiger partial charge is 0.244 e. The third-order valence-electron chi connectivity index (χ3n) is 5.16. The molecule has 0 radical (unpaired) electrons. The normalized spacial score (nSPS) is 12.2. The Balaban J connectivity index is 2.34. The first-order valence-electron chi connectivity index (χ1n) is 10.9. The topological polar surface area (TPSA) is 96.0 Å². The maximum atomic E-state index is 13.4. The van der Waals surface area contributed by atoms with E-state index in [2.05, 4.69) is 5.32 Å². The fourth-order valence-electron chi connectivity index (χ4n) is 3.18. The Morgan fingerprint density at radius 3 is 2.12 bits per heavy atom. The minimum absolute atomic E-state index is 0.00952. The Labute approximate surface area is 200 Å². The molecule has 0 heterocycles. The molecule has 2 rings (SSSR count). The van der Waals surface area contributed by atoms with Crippen molar-refractivity contribution in [1.82, 2.24) is 10.2 Å². The van der Waals surface area contributed by atoms with Gasteiger partial charge in [-0.05, 0) is 54.8 Å². The third-order valence-corrected chi connectivity index (χ3v) is 6.30. The molecule has 2 amide bonds. The first-order chi connectivity index (χ1) is 15.9. The Hall–Kier alpha value is -3.14. The molecule has 1 unspecified atom stereocenters. The van der Waals surface area contributed by atoms with E-state index in [4.69, 9.17) is 4.74 Å². The average Bonchev–Trinajstić information content (AvgIpc) is 2.79. The van der Waals surface area contributed by atoms with Crippen LogP contribution in [0.5, 0.6) is 5.75 Å². The number of hydrogen-bond donors (Lipinski definition) is 1. The maximum absolute atomic E-state index is 13.4. The van der Waals surface area contributed by atoms with E-state index >= 15 is 0 Å². The van der Waals surface area contributed by atoms with Gasteiger partial charge < -0.3 is 15.0 Å². The van der Waals surface area contributed by atoms with Crippen molar-refractivity contribution >= 4 is 27.5 Å². The summed E-state index contributed by atoms with van der Waals surface area (Å²) in [6.45, 7) is 5.42. The van der Waals surface area contributed by atoms with Crippen molar-refractivity contribution in [3.8, 4) is 5.75 Å². The molecule has 1 N–H and O–H groups in total. The summed E-state index contributed by atoms with van der Waals surface area (Å²) in [5.74, 6) is -0.602. The molecular weight excluding hydrogens is 461 g/mol. The number of hydrogen-bond acceptors (Lipinski definition) is 5. The number of halogens is 1. The number of rotatable bonds is 11. The molecule has 0 spiro atoms. The van der Waals surface area contributed by atoms with Crippen molar-refractivity contribution in [1.29, 1.82) is 0 Å². The van der Waals surface area contributed by atoms with Gasteiger partial charge in [0.15, 0.2) is 0 Å². The number of carbonyl (C=O) groups excluding carboxylic acids is 2.